The second-order valence-electron chi connectivity index (χ2n) is 4.86. The first kappa shape index (κ1) is 15.1. The predicted molar refractivity (Wildman–Crippen MR) is 83.2 cm³/mol. The molecule has 106 valence electrons. The topological polar surface area (TPSA) is 24.9 Å². The van der Waals surface area contributed by atoms with Crippen LogP contribution in [-0.4, -0.2) is 11.5 Å². The summed E-state index contributed by atoms with van der Waals surface area (Å²) in [6.07, 6.45) is 4.68. The molecule has 0 aliphatic heterocycles. The summed E-state index contributed by atoms with van der Waals surface area (Å²) < 4.78 is 14.3. The fourth-order valence-corrected chi connectivity index (χ4v) is 2.39. The Morgan fingerprint density at radius 1 is 1.25 bits per heavy atom. The van der Waals surface area contributed by atoms with E-state index in [1.165, 1.54) is 0 Å². The van der Waals surface area contributed by atoms with E-state index < -0.39 is 0 Å². The van der Waals surface area contributed by atoms with E-state index >= 15 is 0 Å². The Hall–Kier alpha value is -1.26. The van der Waals surface area contributed by atoms with Crippen LogP contribution >= 0.6 is 15.9 Å². The third-order valence-corrected chi connectivity index (χ3v) is 3.75. The highest BCUT2D eigenvalue weighted by Gasteiger charge is 2.15. The Kier molecular flexibility index (Phi) is 5.26. The number of aryl methyl sites for hydroxylation is 1. The van der Waals surface area contributed by atoms with E-state index in [2.05, 4.69) is 39.2 Å². The quantitative estimate of drug-likeness (QED) is 0.876. The van der Waals surface area contributed by atoms with Gasteiger partial charge < -0.3 is 5.32 Å². The highest BCUT2D eigenvalue weighted by Crippen LogP contribution is 2.25. The van der Waals surface area contributed by atoms with Crippen molar-refractivity contribution in [1.29, 1.82) is 0 Å². The van der Waals surface area contributed by atoms with Gasteiger partial charge in [0, 0.05) is 12.4 Å². The number of benzene rings is 1. The van der Waals surface area contributed by atoms with Gasteiger partial charge in [-0.2, -0.15) is 0 Å². The molecule has 0 radical (unpaired) electrons. The first-order valence-electron chi connectivity index (χ1n) is 6.71. The maximum Gasteiger partial charge on any atom is 0.137 e. The number of pyridine rings is 1. The van der Waals surface area contributed by atoms with Crippen LogP contribution in [0, 0.1) is 12.7 Å². The van der Waals surface area contributed by atoms with Gasteiger partial charge in [0.2, 0.25) is 0 Å². The molecule has 0 aliphatic rings. The summed E-state index contributed by atoms with van der Waals surface area (Å²) in [4.78, 5) is 4.24. The monoisotopic (exact) mass is 336 g/mol. The molecule has 1 atom stereocenters. The van der Waals surface area contributed by atoms with Crippen LogP contribution in [0.25, 0.3) is 0 Å². The summed E-state index contributed by atoms with van der Waals surface area (Å²) in [6, 6.07) is 7.29. The van der Waals surface area contributed by atoms with Gasteiger partial charge in [-0.15, -0.1) is 0 Å². The number of halogens is 2. The van der Waals surface area contributed by atoms with Crippen molar-refractivity contribution in [2.75, 3.05) is 6.54 Å². The predicted octanol–water partition coefficient (Wildman–Crippen LogP) is 4.38. The number of hydrogen-bond donors (Lipinski definition) is 1. The molecule has 2 nitrogen and oxygen atoms in total. The van der Waals surface area contributed by atoms with Crippen molar-refractivity contribution in [2.45, 2.75) is 26.3 Å². The molecule has 1 heterocycles. The standard InChI is InChI=1S/C16H18BrFN2/c1-3-6-20-16(13-7-11(2)9-19-10-13)12-4-5-14(17)15(18)8-12/h4-5,7-10,16,20H,3,6H2,1-2H3. The van der Waals surface area contributed by atoms with Crippen molar-refractivity contribution < 1.29 is 4.39 Å². The van der Waals surface area contributed by atoms with Crippen LogP contribution in [0.15, 0.2) is 41.1 Å². The molecular formula is C16H18BrFN2. The van der Waals surface area contributed by atoms with Gasteiger partial charge in [0.15, 0.2) is 0 Å². The lowest BCUT2D eigenvalue weighted by molar-refractivity contribution is 0.582. The van der Waals surface area contributed by atoms with Crippen LogP contribution in [-0.2, 0) is 0 Å². The van der Waals surface area contributed by atoms with Gasteiger partial charge in [-0.1, -0.05) is 19.1 Å². The van der Waals surface area contributed by atoms with Crippen molar-refractivity contribution in [3.63, 3.8) is 0 Å². The lowest BCUT2D eigenvalue weighted by atomic mass is 9.99. The zero-order valence-electron chi connectivity index (χ0n) is 11.7. The first-order valence-corrected chi connectivity index (χ1v) is 7.51. The summed E-state index contributed by atoms with van der Waals surface area (Å²) in [7, 11) is 0. The molecule has 1 aromatic carbocycles. The Bertz CT molecular complexity index is 586. The summed E-state index contributed by atoms with van der Waals surface area (Å²) in [6.45, 7) is 4.99. The second kappa shape index (κ2) is 6.95. The summed E-state index contributed by atoms with van der Waals surface area (Å²) >= 11 is 3.19. The summed E-state index contributed by atoms with van der Waals surface area (Å²) in [5.41, 5.74) is 3.06. The Morgan fingerprint density at radius 3 is 2.70 bits per heavy atom. The van der Waals surface area contributed by atoms with Gasteiger partial charge in [-0.05, 0) is 64.6 Å². The number of rotatable bonds is 5. The minimum Gasteiger partial charge on any atom is -0.306 e. The highest BCUT2D eigenvalue weighted by atomic mass is 79.9. The number of nitrogens with zero attached hydrogens (tertiary/aromatic N) is 1. The Balaban J connectivity index is 2.38. The van der Waals surface area contributed by atoms with Crippen LogP contribution in [0.3, 0.4) is 0 Å². The molecular weight excluding hydrogens is 319 g/mol. The van der Waals surface area contributed by atoms with Crippen LogP contribution in [0.5, 0.6) is 0 Å². The molecule has 0 amide bonds. The zero-order valence-corrected chi connectivity index (χ0v) is 13.2. The van der Waals surface area contributed by atoms with Crippen molar-refractivity contribution >= 4 is 15.9 Å². The molecule has 0 saturated carbocycles. The lowest BCUT2D eigenvalue weighted by Gasteiger charge is -2.20. The van der Waals surface area contributed by atoms with Crippen LogP contribution in [0.4, 0.5) is 4.39 Å². The number of hydrogen-bond acceptors (Lipinski definition) is 2. The fourth-order valence-electron chi connectivity index (χ4n) is 2.14. The largest absolute Gasteiger partial charge is 0.306 e. The summed E-state index contributed by atoms with van der Waals surface area (Å²) in [5.74, 6) is -0.244. The van der Waals surface area contributed by atoms with Crippen LogP contribution in [0.2, 0.25) is 0 Å². The second-order valence-corrected chi connectivity index (χ2v) is 5.71. The third-order valence-electron chi connectivity index (χ3n) is 3.10. The van der Waals surface area contributed by atoms with E-state index in [9.17, 15) is 4.39 Å². The normalized spacial score (nSPS) is 12.4. The van der Waals surface area contributed by atoms with Gasteiger partial charge in [-0.25, -0.2) is 4.39 Å². The number of nitrogens with one attached hydrogen (secondary N) is 1. The minimum atomic E-state index is -0.244. The SMILES string of the molecule is CCCNC(c1cncc(C)c1)c1ccc(Br)c(F)c1. The van der Waals surface area contributed by atoms with Crippen molar-refractivity contribution in [3.05, 3.63) is 63.6 Å². The van der Waals surface area contributed by atoms with Crippen molar-refractivity contribution in [2.24, 2.45) is 0 Å². The summed E-state index contributed by atoms with van der Waals surface area (Å²) in [5, 5.41) is 3.45. The molecule has 20 heavy (non-hydrogen) atoms. The first-order chi connectivity index (χ1) is 9.61. The van der Waals surface area contributed by atoms with E-state index in [1.54, 1.807) is 12.1 Å². The molecule has 1 unspecified atom stereocenters. The van der Waals surface area contributed by atoms with Crippen LogP contribution in [0.1, 0.15) is 36.1 Å². The van der Waals surface area contributed by atoms with E-state index in [0.29, 0.717) is 4.47 Å². The average Bonchev–Trinajstić information content (AvgIpc) is 2.43. The van der Waals surface area contributed by atoms with E-state index in [4.69, 9.17) is 0 Å². The van der Waals surface area contributed by atoms with E-state index in [-0.39, 0.29) is 11.9 Å². The molecule has 4 heteroatoms. The Labute approximate surface area is 127 Å². The molecule has 0 bridgehead atoms. The van der Waals surface area contributed by atoms with Crippen molar-refractivity contribution in [3.8, 4) is 0 Å². The molecule has 0 spiro atoms. The van der Waals surface area contributed by atoms with Crippen molar-refractivity contribution in [1.82, 2.24) is 10.3 Å². The zero-order chi connectivity index (χ0) is 14.5. The van der Waals surface area contributed by atoms with E-state index in [1.807, 2.05) is 25.4 Å². The fraction of sp³-hybridized carbons (Fsp3) is 0.312. The molecule has 2 aromatic rings. The van der Waals surface area contributed by atoms with E-state index in [0.717, 1.165) is 29.7 Å². The lowest BCUT2D eigenvalue weighted by Crippen LogP contribution is -2.23. The van der Waals surface area contributed by atoms with Gasteiger partial charge in [0.25, 0.3) is 0 Å². The minimum absolute atomic E-state index is 0.0371. The molecule has 0 saturated heterocycles. The van der Waals surface area contributed by atoms with Crippen LogP contribution < -0.4 is 5.32 Å². The number of aromatic nitrogens is 1. The van der Waals surface area contributed by atoms with Gasteiger partial charge in [0.05, 0.1) is 10.5 Å². The maximum absolute atomic E-state index is 13.8. The molecule has 0 aliphatic carbocycles. The highest BCUT2D eigenvalue weighted by molar-refractivity contribution is 9.10. The Morgan fingerprint density at radius 2 is 2.05 bits per heavy atom. The van der Waals surface area contributed by atoms with Gasteiger partial charge in [-0.3, -0.25) is 4.98 Å². The smallest absolute Gasteiger partial charge is 0.137 e. The molecule has 1 aromatic heterocycles. The van der Waals surface area contributed by atoms with Gasteiger partial charge in [0.1, 0.15) is 5.82 Å². The average molecular weight is 337 g/mol. The third kappa shape index (κ3) is 3.64. The molecule has 1 N–H and O–H groups in total. The molecule has 2 rings (SSSR count). The maximum atomic E-state index is 13.8. The molecule has 0 fully saturated rings. The van der Waals surface area contributed by atoms with Gasteiger partial charge >= 0.3 is 0 Å².